The zero-order chi connectivity index (χ0) is 12.3. The predicted molar refractivity (Wildman–Crippen MR) is 64.5 cm³/mol. The van der Waals surface area contributed by atoms with Crippen molar-refractivity contribution in [2.24, 2.45) is 0 Å². The van der Waals surface area contributed by atoms with Gasteiger partial charge in [0.1, 0.15) is 11.8 Å². The van der Waals surface area contributed by atoms with Crippen LogP contribution in [0.5, 0.6) is 0 Å². The molecule has 0 unspecified atom stereocenters. The van der Waals surface area contributed by atoms with Crippen LogP contribution in [0.4, 0.5) is 0 Å². The molecule has 0 radical (unpaired) electrons. The first-order valence-electron chi connectivity index (χ1n) is 4.86. The average Bonchev–Trinajstić information content (AvgIpc) is 2.72. The van der Waals surface area contributed by atoms with Crippen LogP contribution in [-0.2, 0) is 11.3 Å². The van der Waals surface area contributed by atoms with E-state index in [-0.39, 0.29) is 5.69 Å². The molecule has 2 aromatic rings. The van der Waals surface area contributed by atoms with Gasteiger partial charge in [0.2, 0.25) is 0 Å². The topological polar surface area (TPSA) is 63.7 Å². The second kappa shape index (κ2) is 5.08. The molecule has 0 atom stereocenters. The summed E-state index contributed by atoms with van der Waals surface area (Å²) in [5.41, 5.74) is 1.76. The molecular formula is C11H9BrN4O. The normalized spacial score (nSPS) is 10.2. The molecule has 0 fully saturated rings. The lowest BCUT2D eigenvalue weighted by Gasteiger charge is -2.05. The molecule has 0 aliphatic carbocycles. The summed E-state index contributed by atoms with van der Waals surface area (Å²) < 4.78 is 7.60. The molecule has 0 aliphatic rings. The van der Waals surface area contributed by atoms with Gasteiger partial charge in [-0.2, -0.15) is 5.26 Å². The van der Waals surface area contributed by atoms with E-state index in [0.29, 0.717) is 12.3 Å². The van der Waals surface area contributed by atoms with Crippen LogP contribution in [-0.4, -0.2) is 22.1 Å². The van der Waals surface area contributed by atoms with Gasteiger partial charge in [-0.15, -0.1) is 5.10 Å². The van der Waals surface area contributed by atoms with Gasteiger partial charge in [0.15, 0.2) is 5.69 Å². The van der Waals surface area contributed by atoms with Crippen LogP contribution in [0.3, 0.4) is 0 Å². The van der Waals surface area contributed by atoms with Crippen molar-refractivity contribution in [3.05, 3.63) is 40.1 Å². The first-order chi connectivity index (χ1) is 8.26. The predicted octanol–water partition coefficient (Wildman–Crippen LogP) is 2.05. The monoisotopic (exact) mass is 292 g/mol. The third-order valence-corrected chi connectivity index (χ3v) is 2.70. The molecule has 0 bridgehead atoms. The summed E-state index contributed by atoms with van der Waals surface area (Å²) in [5, 5.41) is 16.7. The minimum Gasteiger partial charge on any atom is -0.378 e. The van der Waals surface area contributed by atoms with Gasteiger partial charge in [0, 0.05) is 11.6 Å². The number of nitriles is 1. The number of halogens is 1. The quantitative estimate of drug-likeness (QED) is 0.868. The SMILES string of the molecule is COCc1c(C#N)nnn1-c1cccc(Br)c1. The van der Waals surface area contributed by atoms with Gasteiger partial charge in [-0.05, 0) is 18.2 Å². The van der Waals surface area contributed by atoms with Crippen LogP contribution in [0, 0.1) is 11.3 Å². The molecule has 0 aliphatic heterocycles. The highest BCUT2D eigenvalue weighted by Gasteiger charge is 2.13. The van der Waals surface area contributed by atoms with E-state index in [4.69, 9.17) is 10.00 Å². The Kier molecular flexibility index (Phi) is 3.52. The summed E-state index contributed by atoms with van der Waals surface area (Å²) in [6, 6.07) is 9.60. The molecule has 0 amide bonds. The van der Waals surface area contributed by atoms with E-state index in [1.807, 2.05) is 30.3 Å². The van der Waals surface area contributed by atoms with E-state index in [1.54, 1.807) is 11.8 Å². The Hall–Kier alpha value is -1.71. The molecular weight excluding hydrogens is 284 g/mol. The fourth-order valence-corrected chi connectivity index (χ4v) is 1.86. The van der Waals surface area contributed by atoms with E-state index < -0.39 is 0 Å². The van der Waals surface area contributed by atoms with Crippen molar-refractivity contribution in [3.8, 4) is 11.8 Å². The lowest BCUT2D eigenvalue weighted by atomic mass is 10.3. The number of hydrogen-bond donors (Lipinski definition) is 0. The van der Waals surface area contributed by atoms with Crippen LogP contribution in [0.25, 0.3) is 5.69 Å². The van der Waals surface area contributed by atoms with Crippen LogP contribution < -0.4 is 0 Å². The highest BCUT2D eigenvalue weighted by Crippen LogP contribution is 2.17. The van der Waals surface area contributed by atoms with Crippen molar-refractivity contribution < 1.29 is 4.74 Å². The van der Waals surface area contributed by atoms with Crippen molar-refractivity contribution >= 4 is 15.9 Å². The molecule has 5 nitrogen and oxygen atoms in total. The molecule has 0 spiro atoms. The maximum Gasteiger partial charge on any atom is 0.188 e. The molecule has 2 rings (SSSR count). The van der Waals surface area contributed by atoms with Gasteiger partial charge >= 0.3 is 0 Å². The summed E-state index contributed by atoms with van der Waals surface area (Å²) in [6.45, 7) is 0.294. The Morgan fingerprint density at radius 3 is 3.00 bits per heavy atom. The van der Waals surface area contributed by atoms with Crippen LogP contribution in [0.15, 0.2) is 28.7 Å². The summed E-state index contributed by atoms with van der Waals surface area (Å²) in [5.74, 6) is 0. The number of ether oxygens (including phenoxy) is 1. The lowest BCUT2D eigenvalue weighted by molar-refractivity contribution is 0.179. The molecule has 6 heteroatoms. The fourth-order valence-electron chi connectivity index (χ4n) is 1.47. The molecule has 1 heterocycles. The van der Waals surface area contributed by atoms with Gasteiger partial charge in [0.25, 0.3) is 0 Å². The molecule has 17 heavy (non-hydrogen) atoms. The van der Waals surface area contributed by atoms with Crippen LogP contribution >= 0.6 is 15.9 Å². The number of benzene rings is 1. The second-order valence-electron chi connectivity index (χ2n) is 3.32. The minimum absolute atomic E-state index is 0.284. The first kappa shape index (κ1) is 11.8. The largest absolute Gasteiger partial charge is 0.378 e. The zero-order valence-corrected chi connectivity index (χ0v) is 10.7. The van der Waals surface area contributed by atoms with E-state index >= 15 is 0 Å². The third-order valence-electron chi connectivity index (χ3n) is 2.20. The van der Waals surface area contributed by atoms with Crippen LogP contribution in [0.2, 0.25) is 0 Å². The van der Waals surface area contributed by atoms with E-state index in [0.717, 1.165) is 10.2 Å². The number of nitrogens with zero attached hydrogens (tertiary/aromatic N) is 4. The molecule has 0 saturated carbocycles. The van der Waals surface area contributed by atoms with Crippen molar-refractivity contribution in [1.29, 1.82) is 5.26 Å². The Labute approximate surface area is 107 Å². The number of hydrogen-bond acceptors (Lipinski definition) is 4. The van der Waals surface area contributed by atoms with Gasteiger partial charge in [0.05, 0.1) is 12.3 Å². The first-order valence-corrected chi connectivity index (χ1v) is 5.65. The van der Waals surface area contributed by atoms with Gasteiger partial charge in [-0.1, -0.05) is 27.2 Å². The number of aromatic nitrogens is 3. The summed E-state index contributed by atoms with van der Waals surface area (Å²) in [7, 11) is 1.57. The summed E-state index contributed by atoms with van der Waals surface area (Å²) in [4.78, 5) is 0. The van der Waals surface area contributed by atoms with Crippen molar-refractivity contribution in [2.75, 3.05) is 7.11 Å². The number of rotatable bonds is 3. The highest BCUT2D eigenvalue weighted by molar-refractivity contribution is 9.10. The molecule has 0 saturated heterocycles. The van der Waals surface area contributed by atoms with Gasteiger partial charge in [-0.3, -0.25) is 0 Å². The molecule has 86 valence electrons. The maximum absolute atomic E-state index is 8.93. The van der Waals surface area contributed by atoms with Crippen molar-refractivity contribution in [3.63, 3.8) is 0 Å². The maximum atomic E-state index is 8.93. The third kappa shape index (κ3) is 2.35. The zero-order valence-electron chi connectivity index (χ0n) is 9.09. The van der Waals surface area contributed by atoms with Crippen LogP contribution in [0.1, 0.15) is 11.4 Å². The van der Waals surface area contributed by atoms with E-state index in [1.165, 1.54) is 0 Å². The molecule has 0 N–H and O–H groups in total. The fraction of sp³-hybridized carbons (Fsp3) is 0.182. The lowest BCUT2D eigenvalue weighted by Crippen LogP contribution is -2.04. The molecule has 1 aromatic carbocycles. The van der Waals surface area contributed by atoms with E-state index in [9.17, 15) is 0 Å². The Bertz CT molecular complexity index is 573. The smallest absolute Gasteiger partial charge is 0.188 e. The highest BCUT2D eigenvalue weighted by atomic mass is 79.9. The number of methoxy groups -OCH3 is 1. The van der Waals surface area contributed by atoms with Crippen molar-refractivity contribution in [2.45, 2.75) is 6.61 Å². The summed E-state index contributed by atoms with van der Waals surface area (Å²) >= 11 is 3.39. The van der Waals surface area contributed by atoms with Crippen molar-refractivity contribution in [1.82, 2.24) is 15.0 Å². The standard InChI is InChI=1S/C11H9BrN4O/c1-17-7-11-10(6-13)14-15-16(11)9-4-2-3-8(12)5-9/h2-5H,7H2,1H3. The van der Waals surface area contributed by atoms with E-state index in [2.05, 4.69) is 26.2 Å². The van der Waals surface area contributed by atoms with Gasteiger partial charge < -0.3 is 4.74 Å². The molecule has 1 aromatic heterocycles. The average molecular weight is 293 g/mol. The minimum atomic E-state index is 0.284. The Balaban J connectivity index is 2.52. The second-order valence-corrected chi connectivity index (χ2v) is 4.24. The Morgan fingerprint density at radius 1 is 1.53 bits per heavy atom. The summed E-state index contributed by atoms with van der Waals surface area (Å²) in [6.07, 6.45) is 0. The Morgan fingerprint density at radius 2 is 2.35 bits per heavy atom. The van der Waals surface area contributed by atoms with Gasteiger partial charge in [-0.25, -0.2) is 4.68 Å².